The van der Waals surface area contributed by atoms with E-state index in [1.54, 1.807) is 32.9 Å². The van der Waals surface area contributed by atoms with Crippen LogP contribution in [0.2, 0.25) is 0 Å². The Balaban J connectivity index is 2.64. The van der Waals surface area contributed by atoms with Crippen molar-refractivity contribution in [1.82, 2.24) is 5.32 Å². The molecule has 17 heavy (non-hydrogen) atoms. The van der Waals surface area contributed by atoms with Gasteiger partial charge in [0.2, 0.25) is 5.91 Å². The van der Waals surface area contributed by atoms with Gasteiger partial charge in [-0.15, -0.1) is 0 Å². The molecule has 1 aromatic rings. The molecule has 0 aliphatic carbocycles. The number of nitrogens with one attached hydrogen (secondary N) is 1. The van der Waals surface area contributed by atoms with Crippen molar-refractivity contribution in [3.63, 3.8) is 0 Å². The Hall–Kier alpha value is -1.78. The maximum Gasteiger partial charge on any atom is 0.316 e. The van der Waals surface area contributed by atoms with E-state index >= 15 is 0 Å². The molecule has 0 saturated heterocycles. The van der Waals surface area contributed by atoms with E-state index in [0.717, 1.165) is 0 Å². The number of carboxylic acids is 1. The van der Waals surface area contributed by atoms with Gasteiger partial charge in [-0.05, 0) is 17.5 Å². The maximum atomic E-state index is 11.8. The van der Waals surface area contributed by atoms with Gasteiger partial charge < -0.3 is 14.8 Å². The lowest BCUT2D eigenvalue weighted by atomic mass is 9.80. The van der Waals surface area contributed by atoms with Crippen molar-refractivity contribution >= 4 is 11.9 Å². The summed E-state index contributed by atoms with van der Waals surface area (Å²) in [6.45, 7) is 5.36. The molecule has 94 valence electrons. The molecule has 1 rings (SSSR count). The van der Waals surface area contributed by atoms with Crippen LogP contribution < -0.4 is 5.32 Å². The predicted octanol–water partition coefficient (Wildman–Crippen LogP) is 1.64. The van der Waals surface area contributed by atoms with Crippen molar-refractivity contribution in [2.24, 2.45) is 11.3 Å². The van der Waals surface area contributed by atoms with Crippen LogP contribution in [0.4, 0.5) is 0 Å². The Morgan fingerprint density at radius 2 is 2.12 bits per heavy atom. The molecule has 0 saturated carbocycles. The zero-order valence-electron chi connectivity index (χ0n) is 10.2. The third-order valence-corrected chi connectivity index (χ3v) is 2.39. The van der Waals surface area contributed by atoms with Crippen molar-refractivity contribution in [3.05, 3.63) is 24.2 Å². The summed E-state index contributed by atoms with van der Waals surface area (Å²) in [6.07, 6.45) is 1.50. The number of carbonyl (C=O) groups is 2. The quantitative estimate of drug-likeness (QED) is 0.783. The van der Waals surface area contributed by atoms with Gasteiger partial charge in [-0.1, -0.05) is 20.8 Å². The van der Waals surface area contributed by atoms with Gasteiger partial charge in [-0.3, -0.25) is 9.59 Å². The SMILES string of the molecule is CC(C)(C)C(C(=O)O)C(=O)NCc1ccco1. The molecule has 0 spiro atoms. The third-order valence-electron chi connectivity index (χ3n) is 2.39. The summed E-state index contributed by atoms with van der Waals surface area (Å²) in [5.41, 5.74) is -0.626. The highest BCUT2D eigenvalue weighted by Gasteiger charge is 2.37. The Kier molecular flexibility index (Phi) is 3.93. The first kappa shape index (κ1) is 13.3. The predicted molar refractivity (Wildman–Crippen MR) is 61.1 cm³/mol. The molecule has 0 bridgehead atoms. The third kappa shape index (κ3) is 3.62. The average Bonchev–Trinajstić information content (AvgIpc) is 2.63. The minimum Gasteiger partial charge on any atom is -0.481 e. The highest BCUT2D eigenvalue weighted by molar-refractivity contribution is 5.97. The van der Waals surface area contributed by atoms with Crippen LogP contribution in [0.15, 0.2) is 22.8 Å². The Morgan fingerprint density at radius 1 is 1.47 bits per heavy atom. The van der Waals surface area contributed by atoms with Gasteiger partial charge in [0.1, 0.15) is 11.7 Å². The molecular weight excluding hydrogens is 222 g/mol. The van der Waals surface area contributed by atoms with Crippen molar-refractivity contribution in [2.75, 3.05) is 0 Å². The van der Waals surface area contributed by atoms with Crippen molar-refractivity contribution in [1.29, 1.82) is 0 Å². The van der Waals surface area contributed by atoms with Crippen LogP contribution in [0.1, 0.15) is 26.5 Å². The highest BCUT2D eigenvalue weighted by atomic mass is 16.4. The van der Waals surface area contributed by atoms with E-state index in [2.05, 4.69) is 5.32 Å². The van der Waals surface area contributed by atoms with E-state index in [0.29, 0.717) is 5.76 Å². The van der Waals surface area contributed by atoms with Gasteiger partial charge >= 0.3 is 5.97 Å². The number of hydrogen-bond donors (Lipinski definition) is 2. The molecule has 0 aliphatic rings. The summed E-state index contributed by atoms with van der Waals surface area (Å²) in [6, 6.07) is 3.42. The Labute approximate surface area is 99.8 Å². The molecule has 1 amide bonds. The minimum absolute atomic E-state index is 0.200. The molecule has 0 fully saturated rings. The lowest BCUT2D eigenvalue weighted by Gasteiger charge is -2.25. The number of carbonyl (C=O) groups excluding carboxylic acids is 1. The summed E-state index contributed by atoms with van der Waals surface area (Å²) in [5, 5.41) is 11.6. The fourth-order valence-corrected chi connectivity index (χ4v) is 1.57. The fraction of sp³-hybridized carbons (Fsp3) is 0.500. The van der Waals surface area contributed by atoms with Crippen LogP contribution in [0.5, 0.6) is 0 Å². The smallest absolute Gasteiger partial charge is 0.316 e. The summed E-state index contributed by atoms with van der Waals surface area (Å²) in [7, 11) is 0. The lowest BCUT2D eigenvalue weighted by Crippen LogP contribution is -2.42. The number of hydrogen-bond acceptors (Lipinski definition) is 3. The van der Waals surface area contributed by atoms with Gasteiger partial charge in [-0.25, -0.2) is 0 Å². The maximum absolute atomic E-state index is 11.8. The van der Waals surface area contributed by atoms with Gasteiger partial charge in [-0.2, -0.15) is 0 Å². The fourth-order valence-electron chi connectivity index (χ4n) is 1.57. The van der Waals surface area contributed by atoms with Crippen LogP contribution in [-0.2, 0) is 16.1 Å². The Bertz CT molecular complexity index is 389. The zero-order chi connectivity index (χ0) is 13.1. The van der Waals surface area contributed by atoms with E-state index in [4.69, 9.17) is 9.52 Å². The van der Waals surface area contributed by atoms with Crippen LogP contribution in [0, 0.1) is 11.3 Å². The monoisotopic (exact) mass is 239 g/mol. The second-order valence-corrected chi connectivity index (χ2v) is 4.93. The van der Waals surface area contributed by atoms with E-state index < -0.39 is 23.2 Å². The Morgan fingerprint density at radius 3 is 2.53 bits per heavy atom. The first-order valence-electron chi connectivity index (χ1n) is 5.35. The van der Waals surface area contributed by atoms with E-state index in [9.17, 15) is 9.59 Å². The van der Waals surface area contributed by atoms with Gasteiger partial charge in [0.15, 0.2) is 0 Å². The topological polar surface area (TPSA) is 79.5 Å². The first-order valence-corrected chi connectivity index (χ1v) is 5.35. The molecule has 1 unspecified atom stereocenters. The van der Waals surface area contributed by atoms with Crippen LogP contribution in [0.25, 0.3) is 0 Å². The van der Waals surface area contributed by atoms with Crippen molar-refractivity contribution < 1.29 is 19.1 Å². The molecule has 2 N–H and O–H groups in total. The molecule has 0 radical (unpaired) electrons. The molecule has 0 aromatic carbocycles. The van der Waals surface area contributed by atoms with Crippen LogP contribution in [-0.4, -0.2) is 17.0 Å². The van der Waals surface area contributed by atoms with Crippen molar-refractivity contribution in [3.8, 4) is 0 Å². The standard InChI is InChI=1S/C12H17NO4/c1-12(2,3)9(11(15)16)10(14)13-7-8-5-4-6-17-8/h4-6,9H,7H2,1-3H3,(H,13,14)(H,15,16). The van der Waals surface area contributed by atoms with E-state index in [1.165, 1.54) is 6.26 Å². The summed E-state index contributed by atoms with van der Waals surface area (Å²) >= 11 is 0. The van der Waals surface area contributed by atoms with Gasteiger partial charge in [0.25, 0.3) is 0 Å². The molecule has 5 heteroatoms. The largest absolute Gasteiger partial charge is 0.481 e. The zero-order valence-corrected chi connectivity index (χ0v) is 10.2. The van der Waals surface area contributed by atoms with E-state index in [-0.39, 0.29) is 6.54 Å². The molecule has 1 aromatic heterocycles. The first-order chi connectivity index (χ1) is 7.82. The van der Waals surface area contributed by atoms with E-state index in [1.807, 2.05) is 0 Å². The van der Waals surface area contributed by atoms with Crippen LogP contribution >= 0.6 is 0 Å². The minimum atomic E-state index is -1.12. The number of carboxylic acid groups (broad SMARTS) is 1. The molecule has 5 nitrogen and oxygen atoms in total. The average molecular weight is 239 g/mol. The number of furan rings is 1. The van der Waals surface area contributed by atoms with Gasteiger partial charge in [0, 0.05) is 0 Å². The molecule has 0 aliphatic heterocycles. The van der Waals surface area contributed by atoms with Gasteiger partial charge in [0.05, 0.1) is 12.8 Å². The van der Waals surface area contributed by atoms with Crippen LogP contribution in [0.3, 0.4) is 0 Å². The molecule has 1 heterocycles. The van der Waals surface area contributed by atoms with Crippen molar-refractivity contribution in [2.45, 2.75) is 27.3 Å². The second kappa shape index (κ2) is 5.03. The number of rotatable bonds is 4. The second-order valence-electron chi connectivity index (χ2n) is 4.93. The summed E-state index contributed by atoms with van der Waals surface area (Å²) in [4.78, 5) is 22.9. The number of aliphatic carboxylic acids is 1. The molecule has 1 atom stereocenters. The molecular formula is C12H17NO4. The lowest BCUT2D eigenvalue weighted by molar-refractivity contribution is -0.151. The number of amides is 1. The highest BCUT2D eigenvalue weighted by Crippen LogP contribution is 2.26. The summed E-state index contributed by atoms with van der Waals surface area (Å²) < 4.78 is 5.05. The summed E-state index contributed by atoms with van der Waals surface area (Å²) in [5.74, 6) is -2.09. The normalized spacial score (nSPS) is 13.1.